The lowest BCUT2D eigenvalue weighted by molar-refractivity contribution is 0.259. The Balaban J connectivity index is 1.81. The van der Waals surface area contributed by atoms with Gasteiger partial charge in [0.05, 0.1) is 17.3 Å². The van der Waals surface area contributed by atoms with Crippen molar-refractivity contribution >= 4 is 23.0 Å². The van der Waals surface area contributed by atoms with Gasteiger partial charge >= 0.3 is 0 Å². The molecule has 2 aliphatic rings. The summed E-state index contributed by atoms with van der Waals surface area (Å²) in [5, 5.41) is 4.40. The summed E-state index contributed by atoms with van der Waals surface area (Å²) in [6.07, 6.45) is 7.98. The number of para-hydroxylation sites is 1. The molecule has 0 radical (unpaired) electrons. The second-order valence-corrected chi connectivity index (χ2v) is 6.86. The monoisotopic (exact) mass is 323 g/mol. The van der Waals surface area contributed by atoms with Gasteiger partial charge in [-0.1, -0.05) is 43.5 Å². The molecule has 2 aromatic rings. The molecule has 0 bridgehead atoms. The Morgan fingerprint density at radius 2 is 1.74 bits per heavy atom. The molecule has 3 nitrogen and oxygen atoms in total. The van der Waals surface area contributed by atoms with E-state index in [2.05, 4.69) is 57.7 Å². The third kappa shape index (κ3) is 2.41. The van der Waals surface area contributed by atoms with Gasteiger partial charge in [-0.15, -0.1) is 0 Å². The van der Waals surface area contributed by atoms with Crippen molar-refractivity contribution in [3.8, 4) is 0 Å². The van der Waals surface area contributed by atoms with Crippen molar-refractivity contribution in [2.75, 3.05) is 4.90 Å². The average molecular weight is 323 g/mol. The van der Waals surface area contributed by atoms with Gasteiger partial charge in [-0.25, -0.2) is 0 Å². The van der Waals surface area contributed by atoms with Crippen molar-refractivity contribution in [3.05, 3.63) is 60.4 Å². The van der Waals surface area contributed by atoms with Gasteiger partial charge in [0.15, 0.2) is 5.11 Å². The fourth-order valence-electron chi connectivity index (χ4n) is 4.18. The van der Waals surface area contributed by atoms with Crippen LogP contribution in [0, 0.1) is 0 Å². The second-order valence-electron chi connectivity index (χ2n) is 6.47. The molecule has 4 heteroatoms. The largest absolute Gasteiger partial charge is 0.351 e. The topological polar surface area (TPSA) is 28.2 Å². The third-order valence-electron chi connectivity index (χ3n) is 5.17. The Labute approximate surface area is 142 Å². The molecule has 1 saturated heterocycles. The smallest absolute Gasteiger partial charge is 0.174 e. The summed E-state index contributed by atoms with van der Waals surface area (Å²) < 4.78 is 0. The molecular weight excluding hydrogens is 302 g/mol. The molecule has 1 aliphatic carbocycles. The second kappa shape index (κ2) is 5.93. The Kier molecular flexibility index (Phi) is 3.77. The van der Waals surface area contributed by atoms with Crippen LogP contribution in [0.15, 0.2) is 54.7 Å². The fraction of sp³-hybridized carbons (Fsp3) is 0.368. The lowest BCUT2D eigenvalue weighted by Gasteiger charge is -2.44. The van der Waals surface area contributed by atoms with Crippen LogP contribution in [0.25, 0.3) is 0 Å². The molecular formula is C19H21N3S. The van der Waals surface area contributed by atoms with Gasteiger partial charge in [0.25, 0.3) is 0 Å². The Morgan fingerprint density at radius 1 is 1.00 bits per heavy atom. The van der Waals surface area contributed by atoms with Crippen LogP contribution in [0.5, 0.6) is 0 Å². The first-order valence-corrected chi connectivity index (χ1v) is 8.79. The summed E-state index contributed by atoms with van der Waals surface area (Å²) >= 11 is 5.74. The van der Waals surface area contributed by atoms with Crippen LogP contribution < -0.4 is 10.2 Å². The van der Waals surface area contributed by atoms with E-state index in [0.29, 0.717) is 0 Å². The van der Waals surface area contributed by atoms with E-state index in [-0.39, 0.29) is 11.6 Å². The first-order chi connectivity index (χ1) is 11.3. The number of nitrogens with one attached hydrogen (secondary N) is 1. The molecule has 1 N–H and O–H groups in total. The number of rotatable bonds is 2. The molecule has 1 aromatic heterocycles. The number of pyridine rings is 1. The van der Waals surface area contributed by atoms with Gasteiger partial charge in [-0.2, -0.15) is 0 Å². The first kappa shape index (κ1) is 14.6. The number of anilines is 1. The SMILES string of the molecule is S=C1N[C@@H](c2ccccn2)C2(CCCCC2)N1c1ccccc1. The van der Waals surface area contributed by atoms with E-state index in [0.717, 1.165) is 23.6 Å². The summed E-state index contributed by atoms with van der Waals surface area (Å²) in [5.74, 6) is 0. The van der Waals surface area contributed by atoms with Gasteiger partial charge in [0, 0.05) is 11.9 Å². The minimum Gasteiger partial charge on any atom is -0.351 e. The van der Waals surface area contributed by atoms with E-state index in [9.17, 15) is 0 Å². The number of aromatic nitrogens is 1. The summed E-state index contributed by atoms with van der Waals surface area (Å²) in [5.41, 5.74) is 2.28. The van der Waals surface area contributed by atoms with Gasteiger partial charge in [-0.05, 0) is 49.3 Å². The van der Waals surface area contributed by atoms with Crippen LogP contribution in [0.1, 0.15) is 43.8 Å². The fourth-order valence-corrected chi connectivity index (χ4v) is 4.58. The van der Waals surface area contributed by atoms with Gasteiger partial charge < -0.3 is 10.2 Å². The Bertz CT molecular complexity index is 680. The average Bonchev–Trinajstić information content (AvgIpc) is 2.89. The minimum absolute atomic E-state index is 0.00500. The maximum absolute atomic E-state index is 5.74. The van der Waals surface area contributed by atoms with Crippen LogP contribution in [-0.2, 0) is 0 Å². The highest BCUT2D eigenvalue weighted by Crippen LogP contribution is 2.48. The van der Waals surface area contributed by atoms with Crippen molar-refractivity contribution in [1.29, 1.82) is 0 Å². The van der Waals surface area contributed by atoms with Crippen LogP contribution in [0.2, 0.25) is 0 Å². The minimum atomic E-state index is 0.00500. The molecule has 1 aliphatic heterocycles. The van der Waals surface area contributed by atoms with Crippen LogP contribution in [-0.4, -0.2) is 15.6 Å². The molecule has 2 fully saturated rings. The molecule has 1 atom stereocenters. The van der Waals surface area contributed by atoms with Gasteiger partial charge in [0.2, 0.25) is 0 Å². The predicted molar refractivity (Wildman–Crippen MR) is 97.4 cm³/mol. The normalized spacial score (nSPS) is 23.0. The van der Waals surface area contributed by atoms with E-state index in [1.165, 1.54) is 24.9 Å². The van der Waals surface area contributed by atoms with E-state index in [1.54, 1.807) is 0 Å². The molecule has 2 heterocycles. The van der Waals surface area contributed by atoms with E-state index in [1.807, 2.05) is 12.3 Å². The van der Waals surface area contributed by atoms with E-state index < -0.39 is 0 Å². The predicted octanol–water partition coefficient (Wildman–Crippen LogP) is 4.22. The standard InChI is InChI=1S/C19H21N3S/c23-18-21-17(16-11-5-8-14-20-16)19(12-6-2-7-13-19)22(18)15-9-3-1-4-10-15/h1,3-5,8-11,14,17H,2,6-7,12-13H2,(H,21,23)/t17-/m0/s1. The third-order valence-corrected chi connectivity index (χ3v) is 5.47. The zero-order valence-electron chi connectivity index (χ0n) is 13.1. The van der Waals surface area contributed by atoms with Crippen molar-refractivity contribution in [1.82, 2.24) is 10.3 Å². The number of hydrogen-bond donors (Lipinski definition) is 1. The first-order valence-electron chi connectivity index (χ1n) is 8.38. The molecule has 0 unspecified atom stereocenters. The highest BCUT2D eigenvalue weighted by molar-refractivity contribution is 7.80. The van der Waals surface area contributed by atoms with E-state index in [4.69, 9.17) is 12.2 Å². The van der Waals surface area contributed by atoms with E-state index >= 15 is 0 Å². The Morgan fingerprint density at radius 3 is 2.43 bits per heavy atom. The molecule has 118 valence electrons. The van der Waals surface area contributed by atoms with Crippen molar-refractivity contribution < 1.29 is 0 Å². The Hall–Kier alpha value is -1.94. The zero-order chi connectivity index (χ0) is 15.7. The maximum Gasteiger partial charge on any atom is 0.174 e. The quantitative estimate of drug-likeness (QED) is 0.838. The molecule has 1 saturated carbocycles. The highest BCUT2D eigenvalue weighted by Gasteiger charge is 2.52. The number of thiocarbonyl (C=S) groups is 1. The summed E-state index contributed by atoms with van der Waals surface area (Å²) in [7, 11) is 0. The van der Waals surface area contributed by atoms with Crippen molar-refractivity contribution in [3.63, 3.8) is 0 Å². The maximum atomic E-state index is 5.74. The summed E-state index contributed by atoms with van der Waals surface area (Å²) in [6.45, 7) is 0. The molecule has 1 aromatic carbocycles. The van der Waals surface area contributed by atoms with Crippen LogP contribution >= 0.6 is 12.2 Å². The van der Waals surface area contributed by atoms with Crippen LogP contribution in [0.4, 0.5) is 5.69 Å². The number of hydrogen-bond acceptors (Lipinski definition) is 2. The number of benzene rings is 1. The molecule has 4 rings (SSSR count). The number of nitrogens with zero attached hydrogens (tertiary/aromatic N) is 2. The lowest BCUT2D eigenvalue weighted by atomic mass is 9.75. The van der Waals surface area contributed by atoms with Crippen LogP contribution in [0.3, 0.4) is 0 Å². The summed E-state index contributed by atoms with van der Waals surface area (Å²) in [6, 6.07) is 16.9. The van der Waals surface area contributed by atoms with Crippen molar-refractivity contribution in [2.45, 2.75) is 43.7 Å². The van der Waals surface area contributed by atoms with Gasteiger partial charge in [0.1, 0.15) is 0 Å². The van der Waals surface area contributed by atoms with Gasteiger partial charge in [-0.3, -0.25) is 4.98 Å². The zero-order valence-corrected chi connectivity index (χ0v) is 13.9. The lowest BCUT2D eigenvalue weighted by Crippen LogP contribution is -2.50. The highest BCUT2D eigenvalue weighted by atomic mass is 32.1. The molecule has 1 spiro atoms. The molecule has 23 heavy (non-hydrogen) atoms. The van der Waals surface area contributed by atoms with Crippen molar-refractivity contribution in [2.24, 2.45) is 0 Å². The summed E-state index contributed by atoms with van der Waals surface area (Å²) in [4.78, 5) is 6.99. The molecule has 0 amide bonds.